The van der Waals surface area contributed by atoms with Gasteiger partial charge < -0.3 is 23.9 Å². The lowest BCUT2D eigenvalue weighted by atomic mass is 10.0. The fourth-order valence-corrected chi connectivity index (χ4v) is 3.68. The van der Waals surface area contributed by atoms with Crippen molar-refractivity contribution in [2.24, 2.45) is 14.1 Å². The van der Waals surface area contributed by atoms with Crippen LogP contribution in [0.4, 0.5) is 0 Å². The molecule has 2 heterocycles. The zero-order chi connectivity index (χ0) is 21.3. The predicted octanol–water partition coefficient (Wildman–Crippen LogP) is 3.45. The topological polar surface area (TPSA) is 70.3 Å². The Labute approximate surface area is 174 Å². The van der Waals surface area contributed by atoms with Crippen LogP contribution in [0.15, 0.2) is 61.1 Å². The number of ether oxygens (including phenoxy) is 2. The van der Waals surface area contributed by atoms with Crippen molar-refractivity contribution >= 4 is 16.8 Å². The van der Waals surface area contributed by atoms with Crippen molar-refractivity contribution in [3.63, 3.8) is 0 Å². The van der Waals surface area contributed by atoms with E-state index in [4.69, 9.17) is 9.47 Å². The Morgan fingerprint density at radius 2 is 1.73 bits per heavy atom. The lowest BCUT2D eigenvalue weighted by molar-refractivity contribution is 0.0942. The average molecular weight is 404 g/mol. The maximum atomic E-state index is 13.3. The summed E-state index contributed by atoms with van der Waals surface area (Å²) in [6.07, 6.45) is 5.41. The second-order valence-corrected chi connectivity index (χ2v) is 7.12. The van der Waals surface area contributed by atoms with Gasteiger partial charge in [-0.2, -0.15) is 0 Å². The Balaban J connectivity index is 1.78. The van der Waals surface area contributed by atoms with E-state index in [0.29, 0.717) is 22.9 Å². The number of fused-ring (bicyclic) bond motifs is 1. The third-order valence-corrected chi connectivity index (χ3v) is 5.24. The van der Waals surface area contributed by atoms with Gasteiger partial charge in [-0.15, -0.1) is 0 Å². The van der Waals surface area contributed by atoms with E-state index in [1.165, 1.54) is 0 Å². The van der Waals surface area contributed by atoms with Gasteiger partial charge in [0.1, 0.15) is 23.4 Å². The molecule has 0 radical (unpaired) electrons. The summed E-state index contributed by atoms with van der Waals surface area (Å²) in [4.78, 5) is 17.8. The molecular weight excluding hydrogens is 380 g/mol. The van der Waals surface area contributed by atoms with Crippen LogP contribution in [0.3, 0.4) is 0 Å². The molecule has 154 valence electrons. The molecule has 0 saturated carbocycles. The van der Waals surface area contributed by atoms with Crippen molar-refractivity contribution in [1.82, 2.24) is 19.4 Å². The number of para-hydroxylation sites is 1. The monoisotopic (exact) mass is 404 g/mol. The lowest BCUT2D eigenvalue weighted by Crippen LogP contribution is -2.31. The smallest absolute Gasteiger partial charge is 0.254 e. The quantitative estimate of drug-likeness (QED) is 0.534. The molecule has 30 heavy (non-hydrogen) atoms. The Morgan fingerprint density at radius 1 is 1.03 bits per heavy atom. The SMILES string of the molecule is COc1cc(OC)cc(C(NC(=O)c2cn(C)c3ccccc23)c2nccn2C)c1. The van der Waals surface area contributed by atoms with E-state index < -0.39 is 6.04 Å². The van der Waals surface area contributed by atoms with Gasteiger partial charge >= 0.3 is 0 Å². The number of rotatable bonds is 6. The molecular formula is C23H24N4O3. The fourth-order valence-electron chi connectivity index (χ4n) is 3.68. The van der Waals surface area contributed by atoms with Crippen molar-refractivity contribution in [3.8, 4) is 11.5 Å². The van der Waals surface area contributed by atoms with Gasteiger partial charge in [-0.25, -0.2) is 4.98 Å². The minimum absolute atomic E-state index is 0.179. The molecule has 7 nitrogen and oxygen atoms in total. The van der Waals surface area contributed by atoms with E-state index in [-0.39, 0.29) is 5.91 Å². The normalized spacial score (nSPS) is 12.0. The number of methoxy groups -OCH3 is 2. The Kier molecular flexibility index (Phi) is 5.18. The number of benzene rings is 2. The molecule has 4 rings (SSSR count). The number of carbonyl (C=O) groups is 1. The number of nitrogens with zero attached hydrogens (tertiary/aromatic N) is 3. The number of hydrogen-bond acceptors (Lipinski definition) is 4. The first-order valence-electron chi connectivity index (χ1n) is 9.57. The molecule has 1 atom stereocenters. The largest absolute Gasteiger partial charge is 0.497 e. The summed E-state index contributed by atoms with van der Waals surface area (Å²) in [5.41, 5.74) is 2.43. The highest BCUT2D eigenvalue weighted by atomic mass is 16.5. The molecule has 0 fully saturated rings. The van der Waals surface area contributed by atoms with E-state index in [2.05, 4.69) is 10.3 Å². The summed E-state index contributed by atoms with van der Waals surface area (Å²) >= 11 is 0. The van der Waals surface area contributed by atoms with Gasteiger partial charge in [0.25, 0.3) is 5.91 Å². The Hall–Kier alpha value is -3.74. The number of imidazole rings is 1. The molecule has 0 saturated heterocycles. The predicted molar refractivity (Wildman–Crippen MR) is 115 cm³/mol. The van der Waals surface area contributed by atoms with Gasteiger partial charge in [-0.1, -0.05) is 18.2 Å². The fraction of sp³-hybridized carbons (Fsp3) is 0.217. The number of nitrogens with one attached hydrogen (secondary N) is 1. The van der Waals surface area contributed by atoms with Crippen molar-refractivity contribution in [1.29, 1.82) is 0 Å². The summed E-state index contributed by atoms with van der Waals surface area (Å²) in [6.45, 7) is 0. The molecule has 4 aromatic rings. The van der Waals surface area contributed by atoms with Crippen LogP contribution < -0.4 is 14.8 Å². The van der Waals surface area contributed by atoms with Gasteiger partial charge in [0, 0.05) is 49.7 Å². The van der Waals surface area contributed by atoms with Gasteiger partial charge in [0.15, 0.2) is 0 Å². The average Bonchev–Trinajstić information content (AvgIpc) is 3.34. The third-order valence-electron chi connectivity index (χ3n) is 5.24. The lowest BCUT2D eigenvalue weighted by Gasteiger charge is -2.20. The molecule has 2 aromatic heterocycles. The van der Waals surface area contributed by atoms with E-state index in [1.807, 2.05) is 72.0 Å². The van der Waals surface area contributed by atoms with Gasteiger partial charge in [-0.3, -0.25) is 4.79 Å². The minimum Gasteiger partial charge on any atom is -0.497 e. The Morgan fingerprint density at radius 3 is 2.37 bits per heavy atom. The molecule has 0 spiro atoms. The van der Waals surface area contributed by atoms with Crippen LogP contribution in [0.2, 0.25) is 0 Å². The van der Waals surface area contributed by atoms with Crippen LogP contribution in [0.25, 0.3) is 10.9 Å². The van der Waals surface area contributed by atoms with Crippen LogP contribution >= 0.6 is 0 Å². The molecule has 0 bridgehead atoms. The van der Waals surface area contributed by atoms with Gasteiger partial charge in [-0.05, 0) is 23.8 Å². The molecule has 7 heteroatoms. The molecule has 2 aromatic carbocycles. The standard InChI is InChI=1S/C23H24N4O3/c1-26-10-9-24-22(26)21(15-11-16(29-3)13-17(12-15)30-4)25-23(28)19-14-27(2)20-8-6-5-7-18(19)20/h5-14,21H,1-4H3,(H,25,28). The summed E-state index contributed by atoms with van der Waals surface area (Å²) < 4.78 is 14.7. The summed E-state index contributed by atoms with van der Waals surface area (Å²) in [7, 11) is 7.03. The first-order valence-corrected chi connectivity index (χ1v) is 9.57. The highest BCUT2D eigenvalue weighted by Gasteiger charge is 2.24. The molecule has 1 unspecified atom stereocenters. The van der Waals surface area contributed by atoms with Crippen molar-refractivity contribution in [2.45, 2.75) is 6.04 Å². The summed E-state index contributed by atoms with van der Waals surface area (Å²) in [5, 5.41) is 4.06. The van der Waals surface area contributed by atoms with E-state index in [9.17, 15) is 4.79 Å². The first-order chi connectivity index (χ1) is 14.5. The molecule has 1 N–H and O–H groups in total. The zero-order valence-corrected chi connectivity index (χ0v) is 17.4. The van der Waals surface area contributed by atoms with Gasteiger partial charge in [0.2, 0.25) is 0 Å². The van der Waals surface area contributed by atoms with Crippen LogP contribution in [-0.2, 0) is 14.1 Å². The Bertz CT molecular complexity index is 1190. The molecule has 0 aliphatic carbocycles. The first kappa shape index (κ1) is 19.6. The second kappa shape index (κ2) is 7.94. The molecule has 0 aliphatic heterocycles. The number of aromatic nitrogens is 3. The van der Waals surface area contributed by atoms with Crippen molar-refractivity contribution in [2.75, 3.05) is 14.2 Å². The highest BCUT2D eigenvalue weighted by Crippen LogP contribution is 2.30. The van der Waals surface area contributed by atoms with Crippen LogP contribution in [0, 0.1) is 0 Å². The number of aryl methyl sites for hydroxylation is 2. The number of hydrogen-bond donors (Lipinski definition) is 1. The summed E-state index contributed by atoms with van der Waals surface area (Å²) in [6, 6.07) is 12.9. The molecule has 0 aliphatic rings. The van der Waals surface area contributed by atoms with Crippen LogP contribution in [0.1, 0.15) is 27.8 Å². The van der Waals surface area contributed by atoms with Crippen LogP contribution in [-0.4, -0.2) is 34.2 Å². The van der Waals surface area contributed by atoms with Crippen molar-refractivity contribution < 1.29 is 14.3 Å². The minimum atomic E-state index is -0.486. The van der Waals surface area contributed by atoms with E-state index >= 15 is 0 Å². The third kappa shape index (κ3) is 3.50. The number of amides is 1. The maximum absolute atomic E-state index is 13.3. The second-order valence-electron chi connectivity index (χ2n) is 7.12. The van der Waals surface area contributed by atoms with E-state index in [0.717, 1.165) is 16.5 Å². The zero-order valence-electron chi connectivity index (χ0n) is 17.4. The highest BCUT2D eigenvalue weighted by molar-refractivity contribution is 6.07. The van der Waals surface area contributed by atoms with E-state index in [1.54, 1.807) is 26.5 Å². The summed E-state index contributed by atoms with van der Waals surface area (Å²) in [5.74, 6) is 1.81. The van der Waals surface area contributed by atoms with Gasteiger partial charge in [0.05, 0.1) is 19.8 Å². The number of carbonyl (C=O) groups excluding carboxylic acids is 1. The van der Waals surface area contributed by atoms with Crippen molar-refractivity contribution in [3.05, 3.63) is 78.0 Å². The van der Waals surface area contributed by atoms with Crippen LogP contribution in [0.5, 0.6) is 11.5 Å². The maximum Gasteiger partial charge on any atom is 0.254 e. The molecule has 1 amide bonds.